The largest absolute Gasteiger partial charge is 0.395 e. The van der Waals surface area contributed by atoms with Gasteiger partial charge >= 0.3 is 0 Å². The third kappa shape index (κ3) is 4.44. The van der Waals surface area contributed by atoms with Crippen LogP contribution in [0.3, 0.4) is 0 Å². The van der Waals surface area contributed by atoms with Crippen molar-refractivity contribution in [2.24, 2.45) is 11.8 Å². The molecular weight excluding hydrogens is 248 g/mol. The van der Waals surface area contributed by atoms with Crippen LogP contribution in [0.1, 0.15) is 57.8 Å². The lowest BCUT2D eigenvalue weighted by molar-refractivity contribution is 0.103. The molecule has 2 atom stereocenters. The highest BCUT2D eigenvalue weighted by molar-refractivity contribution is 4.89. The fourth-order valence-corrected chi connectivity index (χ4v) is 4.35. The number of hydrogen-bond donors (Lipinski definition) is 2. The van der Waals surface area contributed by atoms with Crippen LogP contribution in [0, 0.1) is 11.8 Å². The summed E-state index contributed by atoms with van der Waals surface area (Å²) in [6, 6.07) is 1.44. The first-order chi connectivity index (χ1) is 9.83. The molecule has 0 bridgehead atoms. The van der Waals surface area contributed by atoms with Crippen LogP contribution in [0.4, 0.5) is 0 Å². The maximum Gasteiger partial charge on any atom is 0.0558 e. The van der Waals surface area contributed by atoms with Crippen molar-refractivity contribution in [3.05, 3.63) is 0 Å². The molecule has 2 aliphatic carbocycles. The molecule has 3 fully saturated rings. The molecule has 3 nitrogen and oxygen atoms in total. The molecule has 2 saturated carbocycles. The van der Waals surface area contributed by atoms with Gasteiger partial charge < -0.3 is 10.4 Å². The Labute approximate surface area is 124 Å². The second-order valence-corrected chi connectivity index (χ2v) is 7.46. The molecule has 0 aromatic rings. The number of aliphatic hydroxyl groups is 1. The minimum absolute atomic E-state index is 0.312. The van der Waals surface area contributed by atoms with Crippen molar-refractivity contribution in [3.63, 3.8) is 0 Å². The first kappa shape index (κ1) is 14.8. The molecule has 116 valence electrons. The Morgan fingerprint density at radius 2 is 1.70 bits per heavy atom. The average molecular weight is 280 g/mol. The van der Waals surface area contributed by atoms with Crippen LogP contribution in [-0.4, -0.2) is 48.3 Å². The van der Waals surface area contributed by atoms with Gasteiger partial charge in [-0.05, 0) is 37.5 Å². The lowest BCUT2D eigenvalue weighted by Crippen LogP contribution is -2.52. The van der Waals surface area contributed by atoms with Gasteiger partial charge in [0, 0.05) is 31.7 Å². The maximum atomic E-state index is 9.24. The first-order valence-corrected chi connectivity index (χ1v) is 8.92. The molecule has 3 rings (SSSR count). The molecule has 2 N–H and O–H groups in total. The summed E-state index contributed by atoms with van der Waals surface area (Å²) in [6.45, 7) is 3.55. The molecule has 0 aromatic carbocycles. The SMILES string of the molecule is OCCN1CC(CC2CC2)CC(NC2CCCCC2)C1. The summed E-state index contributed by atoms with van der Waals surface area (Å²) in [7, 11) is 0. The Morgan fingerprint density at radius 1 is 0.900 bits per heavy atom. The molecule has 3 heteroatoms. The minimum atomic E-state index is 0.312. The average Bonchev–Trinajstić information content (AvgIpc) is 3.24. The number of nitrogens with one attached hydrogen (secondary N) is 1. The highest BCUT2D eigenvalue weighted by atomic mass is 16.3. The Hall–Kier alpha value is -0.120. The summed E-state index contributed by atoms with van der Waals surface area (Å²) in [5.74, 6) is 1.90. The van der Waals surface area contributed by atoms with Gasteiger partial charge in [-0.25, -0.2) is 0 Å². The molecule has 0 spiro atoms. The normalized spacial score (nSPS) is 33.5. The van der Waals surface area contributed by atoms with Gasteiger partial charge in [0.05, 0.1) is 6.61 Å². The molecule has 1 heterocycles. The Bertz CT molecular complexity index is 287. The maximum absolute atomic E-state index is 9.24. The fourth-order valence-electron chi connectivity index (χ4n) is 4.35. The van der Waals surface area contributed by atoms with Gasteiger partial charge in [-0.1, -0.05) is 32.1 Å². The van der Waals surface area contributed by atoms with E-state index in [1.165, 1.54) is 64.3 Å². The number of piperidine rings is 1. The lowest BCUT2D eigenvalue weighted by Gasteiger charge is -2.40. The van der Waals surface area contributed by atoms with Crippen molar-refractivity contribution < 1.29 is 5.11 Å². The smallest absolute Gasteiger partial charge is 0.0558 e. The molecule has 3 aliphatic rings. The lowest BCUT2D eigenvalue weighted by atomic mass is 9.88. The topological polar surface area (TPSA) is 35.5 Å². The zero-order valence-corrected chi connectivity index (χ0v) is 12.9. The van der Waals surface area contributed by atoms with Crippen molar-refractivity contribution in [2.45, 2.75) is 69.9 Å². The van der Waals surface area contributed by atoms with E-state index in [9.17, 15) is 5.11 Å². The standard InChI is InChI=1S/C17H32N2O/c20-9-8-19-12-15(10-14-6-7-14)11-17(13-19)18-16-4-2-1-3-5-16/h14-18,20H,1-13H2. The quantitative estimate of drug-likeness (QED) is 0.784. The molecule has 2 unspecified atom stereocenters. The molecule has 20 heavy (non-hydrogen) atoms. The van der Waals surface area contributed by atoms with Crippen molar-refractivity contribution in [1.82, 2.24) is 10.2 Å². The number of aliphatic hydroxyl groups excluding tert-OH is 1. The zero-order valence-electron chi connectivity index (χ0n) is 12.9. The highest BCUT2D eigenvalue weighted by Gasteiger charge is 2.32. The number of hydrogen-bond acceptors (Lipinski definition) is 3. The van der Waals surface area contributed by atoms with Gasteiger partial charge in [-0.3, -0.25) is 4.90 Å². The Kier molecular flexibility index (Phi) is 5.36. The van der Waals surface area contributed by atoms with Crippen LogP contribution in [-0.2, 0) is 0 Å². The third-order valence-electron chi connectivity index (χ3n) is 5.47. The van der Waals surface area contributed by atoms with E-state index in [2.05, 4.69) is 10.2 Å². The number of β-amino-alcohol motifs (C(OH)–C–C–N with tert-alkyl or cyclic N) is 1. The molecular formula is C17H32N2O. The summed E-state index contributed by atoms with van der Waals surface area (Å²) in [5, 5.41) is 13.2. The Balaban J connectivity index is 1.50. The number of likely N-dealkylation sites (tertiary alicyclic amines) is 1. The first-order valence-electron chi connectivity index (χ1n) is 8.92. The predicted octanol–water partition coefficient (Wildman–Crippen LogP) is 2.39. The van der Waals surface area contributed by atoms with Gasteiger partial charge in [-0.2, -0.15) is 0 Å². The zero-order chi connectivity index (χ0) is 13.8. The summed E-state index contributed by atoms with van der Waals surface area (Å²) >= 11 is 0. The van der Waals surface area contributed by atoms with Crippen LogP contribution >= 0.6 is 0 Å². The van der Waals surface area contributed by atoms with E-state index in [1.54, 1.807) is 0 Å². The van der Waals surface area contributed by atoms with Crippen molar-refractivity contribution in [3.8, 4) is 0 Å². The van der Waals surface area contributed by atoms with Crippen LogP contribution in [0.5, 0.6) is 0 Å². The third-order valence-corrected chi connectivity index (χ3v) is 5.47. The molecule has 1 aliphatic heterocycles. The number of rotatable bonds is 6. The van der Waals surface area contributed by atoms with E-state index >= 15 is 0 Å². The van der Waals surface area contributed by atoms with E-state index in [1.807, 2.05) is 0 Å². The second kappa shape index (κ2) is 7.24. The summed E-state index contributed by atoms with van der Waals surface area (Å²) in [4.78, 5) is 2.50. The highest BCUT2D eigenvalue weighted by Crippen LogP contribution is 2.37. The van der Waals surface area contributed by atoms with Gasteiger partial charge in [0.25, 0.3) is 0 Å². The van der Waals surface area contributed by atoms with Crippen molar-refractivity contribution in [1.29, 1.82) is 0 Å². The predicted molar refractivity (Wildman–Crippen MR) is 82.8 cm³/mol. The van der Waals surface area contributed by atoms with Crippen LogP contribution in [0.25, 0.3) is 0 Å². The van der Waals surface area contributed by atoms with E-state index in [0.29, 0.717) is 12.6 Å². The monoisotopic (exact) mass is 280 g/mol. The van der Waals surface area contributed by atoms with Gasteiger partial charge in [0.15, 0.2) is 0 Å². The molecule has 1 saturated heterocycles. The Morgan fingerprint density at radius 3 is 2.40 bits per heavy atom. The number of nitrogens with zero attached hydrogens (tertiary/aromatic N) is 1. The van der Waals surface area contributed by atoms with Crippen LogP contribution < -0.4 is 5.32 Å². The van der Waals surface area contributed by atoms with Gasteiger partial charge in [-0.15, -0.1) is 0 Å². The van der Waals surface area contributed by atoms with E-state index in [-0.39, 0.29) is 0 Å². The second-order valence-electron chi connectivity index (χ2n) is 7.46. The van der Waals surface area contributed by atoms with E-state index in [4.69, 9.17) is 0 Å². The summed E-state index contributed by atoms with van der Waals surface area (Å²) in [6.07, 6.45) is 12.8. The fraction of sp³-hybridized carbons (Fsp3) is 1.00. The summed E-state index contributed by atoms with van der Waals surface area (Å²) in [5.41, 5.74) is 0. The summed E-state index contributed by atoms with van der Waals surface area (Å²) < 4.78 is 0. The molecule has 0 amide bonds. The minimum Gasteiger partial charge on any atom is -0.395 e. The van der Waals surface area contributed by atoms with Crippen LogP contribution in [0.2, 0.25) is 0 Å². The van der Waals surface area contributed by atoms with Crippen LogP contribution in [0.15, 0.2) is 0 Å². The molecule has 0 radical (unpaired) electrons. The molecule has 0 aromatic heterocycles. The van der Waals surface area contributed by atoms with Crippen molar-refractivity contribution in [2.75, 3.05) is 26.2 Å². The van der Waals surface area contributed by atoms with E-state index in [0.717, 1.165) is 31.0 Å². The van der Waals surface area contributed by atoms with Crippen molar-refractivity contribution >= 4 is 0 Å². The van der Waals surface area contributed by atoms with Gasteiger partial charge in [0.2, 0.25) is 0 Å². The van der Waals surface area contributed by atoms with E-state index < -0.39 is 0 Å². The van der Waals surface area contributed by atoms with Gasteiger partial charge in [0.1, 0.15) is 0 Å².